The fraction of sp³-hybridized carbons (Fsp3) is 0.231. The number of hydrogen-bond donors (Lipinski definition) is 0. The Hall–Kier alpha value is -3.84. The summed E-state index contributed by atoms with van der Waals surface area (Å²) in [5.41, 5.74) is 6.11. The molecule has 3 heterocycles. The molecule has 1 fully saturated rings. The van der Waals surface area contributed by atoms with Crippen molar-refractivity contribution in [3.8, 4) is 34.3 Å². The van der Waals surface area contributed by atoms with Crippen LogP contribution in [0.1, 0.15) is 11.3 Å². The highest BCUT2D eigenvalue weighted by molar-refractivity contribution is 5.68. The summed E-state index contributed by atoms with van der Waals surface area (Å²) in [4.78, 5) is 14.0. The number of likely N-dealkylation sites (N-methyl/N-ethyl adjacent to an activating group) is 1. The van der Waals surface area contributed by atoms with Crippen LogP contribution >= 0.6 is 0 Å². The fourth-order valence-corrected chi connectivity index (χ4v) is 3.90. The standard InChI is InChI=1S/C26H26N6O/c1-18-24(26-30-29-25(33-26)22-7-5-4-6-8-22)28-23(17-27-18)21-11-9-20(10-12-21)19(2)32-15-13-31(3)14-16-32/h4-12,17H,2,13-16H2,1,3H3. The first-order valence-electron chi connectivity index (χ1n) is 11.0. The van der Waals surface area contributed by atoms with Crippen LogP contribution in [0.5, 0.6) is 0 Å². The van der Waals surface area contributed by atoms with E-state index in [-0.39, 0.29) is 0 Å². The molecule has 0 saturated carbocycles. The lowest BCUT2D eigenvalue weighted by atomic mass is 10.1. The molecule has 7 nitrogen and oxygen atoms in total. The Morgan fingerprint density at radius 3 is 2.30 bits per heavy atom. The van der Waals surface area contributed by atoms with E-state index in [1.807, 2.05) is 37.3 Å². The van der Waals surface area contributed by atoms with E-state index >= 15 is 0 Å². The van der Waals surface area contributed by atoms with Gasteiger partial charge in [-0.05, 0) is 31.7 Å². The smallest absolute Gasteiger partial charge is 0.268 e. The number of nitrogens with zero attached hydrogens (tertiary/aromatic N) is 6. The van der Waals surface area contributed by atoms with E-state index in [9.17, 15) is 0 Å². The predicted octanol–water partition coefficient (Wildman–Crippen LogP) is 4.39. The van der Waals surface area contributed by atoms with Gasteiger partial charge in [0.2, 0.25) is 5.89 Å². The van der Waals surface area contributed by atoms with Crippen LogP contribution in [-0.2, 0) is 0 Å². The molecule has 5 rings (SSSR count). The number of benzene rings is 2. The zero-order valence-electron chi connectivity index (χ0n) is 18.9. The third-order valence-corrected chi connectivity index (χ3v) is 6.00. The second-order valence-electron chi connectivity index (χ2n) is 8.28. The van der Waals surface area contributed by atoms with Crippen molar-refractivity contribution in [2.75, 3.05) is 33.2 Å². The molecule has 2 aromatic carbocycles. The van der Waals surface area contributed by atoms with Crippen molar-refractivity contribution >= 4 is 5.70 Å². The molecule has 1 aliphatic heterocycles. The summed E-state index contributed by atoms with van der Waals surface area (Å²) in [5.74, 6) is 0.824. The van der Waals surface area contributed by atoms with E-state index in [0.717, 1.165) is 60.0 Å². The topological polar surface area (TPSA) is 71.2 Å². The molecule has 166 valence electrons. The Morgan fingerprint density at radius 1 is 0.879 bits per heavy atom. The van der Waals surface area contributed by atoms with Crippen LogP contribution in [0.3, 0.4) is 0 Å². The number of aromatic nitrogens is 4. The maximum absolute atomic E-state index is 5.91. The van der Waals surface area contributed by atoms with Gasteiger partial charge in [0.25, 0.3) is 5.89 Å². The minimum absolute atomic E-state index is 0.362. The largest absolute Gasteiger partial charge is 0.415 e. The maximum Gasteiger partial charge on any atom is 0.268 e. The third kappa shape index (κ3) is 4.40. The van der Waals surface area contributed by atoms with Crippen LogP contribution in [0, 0.1) is 6.92 Å². The number of piperazine rings is 1. The van der Waals surface area contributed by atoms with Crippen molar-refractivity contribution in [3.63, 3.8) is 0 Å². The van der Waals surface area contributed by atoms with Gasteiger partial charge >= 0.3 is 0 Å². The minimum atomic E-state index is 0.362. The molecule has 0 N–H and O–H groups in total. The zero-order chi connectivity index (χ0) is 22.8. The number of aryl methyl sites for hydroxylation is 1. The molecule has 0 atom stereocenters. The van der Waals surface area contributed by atoms with Crippen molar-refractivity contribution in [2.45, 2.75) is 6.92 Å². The summed E-state index contributed by atoms with van der Waals surface area (Å²) < 4.78 is 5.91. The summed E-state index contributed by atoms with van der Waals surface area (Å²) in [7, 11) is 2.16. The first kappa shape index (κ1) is 21.0. The van der Waals surface area contributed by atoms with Crippen LogP contribution in [0.25, 0.3) is 40.0 Å². The maximum atomic E-state index is 5.91. The van der Waals surface area contributed by atoms with E-state index in [0.29, 0.717) is 17.5 Å². The van der Waals surface area contributed by atoms with Gasteiger partial charge in [0.15, 0.2) is 0 Å². The lowest BCUT2D eigenvalue weighted by Crippen LogP contribution is -2.43. The van der Waals surface area contributed by atoms with Crippen molar-refractivity contribution in [1.82, 2.24) is 30.0 Å². The highest BCUT2D eigenvalue weighted by Crippen LogP contribution is 2.27. The molecule has 2 aromatic heterocycles. The van der Waals surface area contributed by atoms with Crippen LogP contribution in [0.2, 0.25) is 0 Å². The molecular weight excluding hydrogens is 412 g/mol. The molecular formula is C26H26N6O. The van der Waals surface area contributed by atoms with Gasteiger partial charge < -0.3 is 14.2 Å². The molecule has 0 spiro atoms. The quantitative estimate of drug-likeness (QED) is 0.458. The third-order valence-electron chi connectivity index (χ3n) is 6.00. The molecule has 1 aliphatic rings. The van der Waals surface area contributed by atoms with E-state index in [4.69, 9.17) is 9.40 Å². The van der Waals surface area contributed by atoms with Crippen molar-refractivity contribution in [1.29, 1.82) is 0 Å². The van der Waals surface area contributed by atoms with Crippen molar-refractivity contribution < 1.29 is 4.42 Å². The fourth-order valence-electron chi connectivity index (χ4n) is 3.90. The van der Waals surface area contributed by atoms with Crippen LogP contribution in [-0.4, -0.2) is 63.2 Å². The van der Waals surface area contributed by atoms with Gasteiger partial charge in [-0.3, -0.25) is 4.98 Å². The highest BCUT2D eigenvalue weighted by Gasteiger charge is 2.18. The molecule has 1 saturated heterocycles. The highest BCUT2D eigenvalue weighted by atomic mass is 16.4. The van der Waals surface area contributed by atoms with Crippen LogP contribution in [0.4, 0.5) is 0 Å². The Bertz CT molecular complexity index is 1260. The van der Waals surface area contributed by atoms with Gasteiger partial charge in [-0.1, -0.05) is 49.0 Å². The van der Waals surface area contributed by atoms with E-state index < -0.39 is 0 Å². The van der Waals surface area contributed by atoms with E-state index in [2.05, 4.69) is 62.9 Å². The summed E-state index contributed by atoms with van der Waals surface area (Å²) in [5, 5.41) is 8.40. The lowest BCUT2D eigenvalue weighted by molar-refractivity contribution is 0.207. The summed E-state index contributed by atoms with van der Waals surface area (Å²) in [6, 6.07) is 18.0. The van der Waals surface area contributed by atoms with Crippen molar-refractivity contribution in [3.05, 3.63) is 78.6 Å². The average molecular weight is 439 g/mol. The second-order valence-corrected chi connectivity index (χ2v) is 8.28. The average Bonchev–Trinajstić information content (AvgIpc) is 3.35. The summed E-state index contributed by atoms with van der Waals surface area (Å²) >= 11 is 0. The van der Waals surface area contributed by atoms with Crippen LogP contribution < -0.4 is 0 Å². The molecule has 4 aromatic rings. The molecule has 0 aliphatic carbocycles. The number of hydrogen-bond acceptors (Lipinski definition) is 7. The molecule has 0 unspecified atom stereocenters. The molecule has 0 radical (unpaired) electrons. The summed E-state index contributed by atoms with van der Waals surface area (Å²) in [6.07, 6.45) is 1.78. The Kier molecular flexibility index (Phi) is 5.71. The monoisotopic (exact) mass is 438 g/mol. The van der Waals surface area contributed by atoms with E-state index in [1.165, 1.54) is 0 Å². The van der Waals surface area contributed by atoms with Gasteiger partial charge in [0, 0.05) is 43.0 Å². The molecule has 7 heteroatoms. The second kappa shape index (κ2) is 8.96. The minimum Gasteiger partial charge on any atom is -0.415 e. The Labute approximate surface area is 193 Å². The molecule has 33 heavy (non-hydrogen) atoms. The number of rotatable bonds is 5. The van der Waals surface area contributed by atoms with E-state index in [1.54, 1.807) is 6.20 Å². The molecule has 0 amide bonds. The van der Waals surface area contributed by atoms with Gasteiger partial charge in [-0.2, -0.15) is 0 Å². The van der Waals surface area contributed by atoms with Crippen LogP contribution in [0.15, 0.2) is 71.8 Å². The first-order valence-corrected chi connectivity index (χ1v) is 11.0. The van der Waals surface area contributed by atoms with Crippen molar-refractivity contribution in [2.24, 2.45) is 0 Å². The first-order chi connectivity index (χ1) is 16.1. The van der Waals surface area contributed by atoms with Gasteiger partial charge in [-0.15, -0.1) is 10.2 Å². The van der Waals surface area contributed by atoms with Gasteiger partial charge in [-0.25, -0.2) is 4.98 Å². The SMILES string of the molecule is C=C(c1ccc(-c2cnc(C)c(-c3nnc(-c4ccccc4)o3)n2)cc1)N1CCN(C)CC1. The molecule has 0 bridgehead atoms. The lowest BCUT2D eigenvalue weighted by Gasteiger charge is -2.35. The Morgan fingerprint density at radius 2 is 1.58 bits per heavy atom. The van der Waals surface area contributed by atoms with Gasteiger partial charge in [0.05, 0.1) is 17.6 Å². The normalized spacial score (nSPS) is 14.4. The zero-order valence-corrected chi connectivity index (χ0v) is 18.9. The van der Waals surface area contributed by atoms with Gasteiger partial charge in [0.1, 0.15) is 5.69 Å². The summed E-state index contributed by atoms with van der Waals surface area (Å²) in [6.45, 7) is 10.3. The Balaban J connectivity index is 1.38. The predicted molar refractivity (Wildman–Crippen MR) is 129 cm³/mol.